The van der Waals surface area contributed by atoms with Crippen LogP contribution in [0.3, 0.4) is 0 Å². The van der Waals surface area contributed by atoms with Crippen molar-refractivity contribution in [3.8, 4) is 0 Å². The van der Waals surface area contributed by atoms with Gasteiger partial charge in [0.25, 0.3) is 0 Å². The molecule has 0 aliphatic heterocycles. The smallest absolute Gasteiger partial charge is 0.239 e. The molecule has 0 spiro atoms. The van der Waals surface area contributed by atoms with Crippen LogP contribution < -0.4 is 16.4 Å². The highest BCUT2D eigenvalue weighted by molar-refractivity contribution is 5.88. The van der Waals surface area contributed by atoms with Gasteiger partial charge in [-0.3, -0.25) is 9.59 Å². The van der Waals surface area contributed by atoms with Crippen molar-refractivity contribution in [2.24, 2.45) is 11.1 Å². The molecule has 0 heterocycles. The number of carbonyl (C=O) groups is 2. The van der Waals surface area contributed by atoms with Gasteiger partial charge in [-0.05, 0) is 33.6 Å². The second kappa shape index (κ2) is 7.07. The maximum absolute atomic E-state index is 12.4. The quantitative estimate of drug-likeness (QED) is 0.680. The lowest BCUT2D eigenvalue weighted by molar-refractivity contribution is -0.133. The summed E-state index contributed by atoms with van der Waals surface area (Å²) in [7, 11) is 0. The van der Waals surface area contributed by atoms with Crippen molar-refractivity contribution >= 4 is 11.8 Å². The summed E-state index contributed by atoms with van der Waals surface area (Å²) in [6.45, 7) is 6.13. The Balaban J connectivity index is 2.53. The molecule has 5 nitrogen and oxygen atoms in total. The van der Waals surface area contributed by atoms with Gasteiger partial charge in [0.05, 0.1) is 12.0 Å². The molecule has 0 aromatic heterocycles. The van der Waals surface area contributed by atoms with Gasteiger partial charge in [0.2, 0.25) is 11.8 Å². The Bertz CT molecular complexity index is 340. The van der Waals surface area contributed by atoms with Gasteiger partial charge < -0.3 is 16.4 Å². The van der Waals surface area contributed by atoms with Gasteiger partial charge in [-0.1, -0.05) is 25.7 Å². The van der Waals surface area contributed by atoms with Crippen LogP contribution in [-0.4, -0.2) is 30.4 Å². The zero-order chi connectivity index (χ0) is 15.2. The summed E-state index contributed by atoms with van der Waals surface area (Å²) >= 11 is 0. The predicted octanol–water partition coefficient (Wildman–Crippen LogP) is 1.32. The van der Waals surface area contributed by atoms with Crippen LogP contribution in [-0.2, 0) is 9.59 Å². The third-order valence-electron chi connectivity index (χ3n) is 3.86. The van der Waals surface area contributed by atoms with Crippen LogP contribution in [0.1, 0.15) is 59.3 Å². The van der Waals surface area contributed by atoms with Gasteiger partial charge in [0.1, 0.15) is 0 Å². The Morgan fingerprint density at radius 3 is 2.10 bits per heavy atom. The summed E-state index contributed by atoms with van der Waals surface area (Å²) in [5, 5.41) is 5.60. The number of nitrogens with one attached hydrogen (secondary N) is 2. The summed E-state index contributed by atoms with van der Waals surface area (Å²) in [6.07, 6.45) is 6.07. The van der Waals surface area contributed by atoms with E-state index in [1.807, 2.05) is 20.8 Å². The number of hydrogen-bond acceptors (Lipinski definition) is 3. The number of rotatable bonds is 4. The maximum Gasteiger partial charge on any atom is 0.239 e. The van der Waals surface area contributed by atoms with Crippen LogP contribution >= 0.6 is 0 Å². The van der Waals surface area contributed by atoms with E-state index in [-0.39, 0.29) is 23.9 Å². The van der Waals surface area contributed by atoms with Crippen molar-refractivity contribution in [3.63, 3.8) is 0 Å². The highest BCUT2D eigenvalue weighted by Gasteiger charge is 2.37. The second-order valence-electron chi connectivity index (χ2n) is 6.88. The molecule has 1 saturated carbocycles. The van der Waals surface area contributed by atoms with Gasteiger partial charge in [-0.25, -0.2) is 0 Å². The van der Waals surface area contributed by atoms with Crippen molar-refractivity contribution in [1.82, 2.24) is 10.6 Å². The molecule has 0 radical (unpaired) electrons. The minimum atomic E-state index is -0.474. The Kier molecular flexibility index (Phi) is 5.99. The van der Waals surface area contributed by atoms with Gasteiger partial charge >= 0.3 is 0 Å². The fourth-order valence-electron chi connectivity index (χ4n) is 2.74. The normalized spacial score (nSPS) is 19.0. The highest BCUT2D eigenvalue weighted by atomic mass is 16.2. The Morgan fingerprint density at radius 2 is 1.65 bits per heavy atom. The Labute approximate surface area is 122 Å². The predicted molar refractivity (Wildman–Crippen MR) is 80.1 cm³/mol. The van der Waals surface area contributed by atoms with Crippen LogP contribution in [0.15, 0.2) is 0 Å². The Hall–Kier alpha value is -1.10. The molecule has 1 aliphatic carbocycles. The van der Waals surface area contributed by atoms with Crippen LogP contribution in [0, 0.1) is 5.41 Å². The minimum Gasteiger partial charge on any atom is -0.350 e. The van der Waals surface area contributed by atoms with E-state index in [2.05, 4.69) is 10.6 Å². The highest BCUT2D eigenvalue weighted by Crippen LogP contribution is 2.34. The summed E-state index contributed by atoms with van der Waals surface area (Å²) < 4.78 is 0. The lowest BCUT2D eigenvalue weighted by Crippen LogP contribution is -2.50. The zero-order valence-corrected chi connectivity index (χ0v) is 13.1. The van der Waals surface area contributed by atoms with E-state index in [1.54, 1.807) is 0 Å². The van der Waals surface area contributed by atoms with Crippen LogP contribution in [0.2, 0.25) is 0 Å². The molecule has 1 aliphatic rings. The molecule has 20 heavy (non-hydrogen) atoms. The van der Waals surface area contributed by atoms with Gasteiger partial charge in [-0.2, -0.15) is 0 Å². The maximum atomic E-state index is 12.4. The SMILES string of the molecule is CC(C)(C)NC(=O)CNC(=O)C1(CN)CCCCCC1. The van der Waals surface area contributed by atoms with Crippen LogP contribution in [0.4, 0.5) is 0 Å². The van der Waals surface area contributed by atoms with Crippen molar-refractivity contribution in [1.29, 1.82) is 0 Å². The third kappa shape index (κ3) is 5.12. The molecule has 5 heteroatoms. The second-order valence-corrected chi connectivity index (χ2v) is 6.88. The van der Waals surface area contributed by atoms with Gasteiger partial charge in [0, 0.05) is 12.1 Å². The van der Waals surface area contributed by atoms with E-state index < -0.39 is 5.41 Å². The summed E-state index contributed by atoms with van der Waals surface area (Å²) in [5.41, 5.74) is 5.10. The van der Waals surface area contributed by atoms with E-state index in [4.69, 9.17) is 5.73 Å². The van der Waals surface area contributed by atoms with Crippen molar-refractivity contribution in [2.45, 2.75) is 64.8 Å². The average molecular weight is 283 g/mol. The molecular weight excluding hydrogens is 254 g/mol. The first-order chi connectivity index (χ1) is 9.29. The van der Waals surface area contributed by atoms with Gasteiger partial charge in [-0.15, -0.1) is 0 Å². The molecule has 0 aromatic carbocycles. The molecule has 0 atom stereocenters. The fourth-order valence-corrected chi connectivity index (χ4v) is 2.74. The zero-order valence-electron chi connectivity index (χ0n) is 13.1. The van der Waals surface area contributed by atoms with Crippen molar-refractivity contribution < 1.29 is 9.59 Å². The fraction of sp³-hybridized carbons (Fsp3) is 0.867. The first kappa shape index (κ1) is 17.0. The molecule has 1 fully saturated rings. The molecule has 1 rings (SSSR count). The van der Waals surface area contributed by atoms with Crippen molar-refractivity contribution in [3.05, 3.63) is 0 Å². The molecule has 0 unspecified atom stereocenters. The molecule has 0 bridgehead atoms. The van der Waals surface area contributed by atoms with Gasteiger partial charge in [0.15, 0.2) is 0 Å². The lowest BCUT2D eigenvalue weighted by Gasteiger charge is -2.30. The number of hydrogen-bond donors (Lipinski definition) is 3. The molecule has 0 aromatic rings. The van der Waals surface area contributed by atoms with E-state index in [0.717, 1.165) is 25.7 Å². The van der Waals surface area contributed by atoms with E-state index in [1.165, 1.54) is 12.8 Å². The largest absolute Gasteiger partial charge is 0.350 e. The monoisotopic (exact) mass is 283 g/mol. The molecule has 2 amide bonds. The Morgan fingerprint density at radius 1 is 1.10 bits per heavy atom. The lowest BCUT2D eigenvalue weighted by atomic mass is 9.79. The third-order valence-corrected chi connectivity index (χ3v) is 3.86. The van der Waals surface area contributed by atoms with Crippen LogP contribution in [0.5, 0.6) is 0 Å². The number of amides is 2. The summed E-state index contributed by atoms with van der Waals surface area (Å²) in [4.78, 5) is 24.2. The van der Waals surface area contributed by atoms with E-state index >= 15 is 0 Å². The molecule has 4 N–H and O–H groups in total. The summed E-state index contributed by atoms with van der Waals surface area (Å²) in [6, 6.07) is 0. The van der Waals surface area contributed by atoms with E-state index in [0.29, 0.717) is 6.54 Å². The average Bonchev–Trinajstić information content (AvgIpc) is 2.60. The number of nitrogens with two attached hydrogens (primary N) is 1. The molecule has 0 saturated heterocycles. The first-order valence-corrected chi connectivity index (χ1v) is 7.58. The van der Waals surface area contributed by atoms with E-state index in [9.17, 15) is 9.59 Å². The standard InChI is InChI=1S/C15H29N3O2/c1-14(2,3)18-12(19)10-17-13(20)15(11-16)8-6-4-5-7-9-15/h4-11,16H2,1-3H3,(H,17,20)(H,18,19). The topological polar surface area (TPSA) is 84.2 Å². The van der Waals surface area contributed by atoms with Crippen LogP contribution in [0.25, 0.3) is 0 Å². The number of carbonyl (C=O) groups excluding carboxylic acids is 2. The summed E-state index contributed by atoms with van der Waals surface area (Å²) in [5.74, 6) is -0.224. The van der Waals surface area contributed by atoms with Crippen molar-refractivity contribution in [2.75, 3.05) is 13.1 Å². The molecular formula is C15H29N3O2. The minimum absolute atomic E-state index is 0.0256. The molecule has 116 valence electrons. The first-order valence-electron chi connectivity index (χ1n) is 7.58.